The number of likely N-dealkylation sites (N-methyl/N-ethyl adjacent to an activating group) is 1. The number of carbonyl (C=O) groups is 1. The van der Waals surface area contributed by atoms with Gasteiger partial charge in [-0.25, -0.2) is 0 Å². The Hall–Kier alpha value is -1.40. The first kappa shape index (κ1) is 18.4. The number of nitrogens with zero attached hydrogens (tertiary/aromatic N) is 4. The molecule has 3 rings (SSSR count). The van der Waals surface area contributed by atoms with Gasteiger partial charge in [-0.1, -0.05) is 0 Å². The van der Waals surface area contributed by atoms with E-state index in [9.17, 15) is 9.90 Å². The molecule has 140 valence electrons. The van der Waals surface area contributed by atoms with Crippen molar-refractivity contribution in [2.75, 3.05) is 33.7 Å². The number of piperidine rings is 1. The second kappa shape index (κ2) is 7.08. The molecule has 1 aromatic heterocycles. The van der Waals surface area contributed by atoms with Crippen molar-refractivity contribution in [3.63, 3.8) is 0 Å². The highest BCUT2D eigenvalue weighted by Crippen LogP contribution is 2.47. The zero-order valence-corrected chi connectivity index (χ0v) is 15.9. The average Bonchev–Trinajstić information content (AvgIpc) is 3.07. The number of rotatable bonds is 4. The lowest BCUT2D eigenvalue weighted by molar-refractivity contribution is -0.0616. The van der Waals surface area contributed by atoms with Gasteiger partial charge in [-0.3, -0.25) is 9.48 Å². The average molecular weight is 348 g/mol. The van der Waals surface area contributed by atoms with E-state index in [1.54, 1.807) is 4.68 Å². The Balaban J connectivity index is 1.54. The minimum Gasteiger partial charge on any atom is -0.389 e. The topological polar surface area (TPSA) is 61.6 Å². The number of carbonyl (C=O) groups excluding carboxylic acids is 1. The number of hydrogen-bond donors (Lipinski definition) is 1. The van der Waals surface area contributed by atoms with E-state index < -0.39 is 5.60 Å². The third kappa shape index (κ3) is 4.06. The summed E-state index contributed by atoms with van der Waals surface area (Å²) in [5.41, 5.74) is 0.342. The molecule has 2 aliphatic rings. The smallest absolute Gasteiger partial charge is 0.274 e. The normalized spacial score (nSPS) is 22.5. The standard InChI is InChI=1S/C19H32N4O2/c1-4-23-12-5-16(20-23)17(24)22-13-10-18(11-14-22)6-8-19(25,9-7-18)15-21(2)3/h5,12,25H,4,6-11,13-15H2,1-3H3. The van der Waals surface area contributed by atoms with Gasteiger partial charge in [0.2, 0.25) is 0 Å². The number of hydrogen-bond acceptors (Lipinski definition) is 4. The molecule has 1 aliphatic heterocycles. The maximum atomic E-state index is 12.6. The minimum absolute atomic E-state index is 0.0574. The van der Waals surface area contributed by atoms with E-state index in [1.807, 2.05) is 38.2 Å². The van der Waals surface area contributed by atoms with Crippen molar-refractivity contribution >= 4 is 5.91 Å². The first-order chi connectivity index (χ1) is 11.8. The quantitative estimate of drug-likeness (QED) is 0.904. The molecule has 6 heteroatoms. The van der Waals surface area contributed by atoms with E-state index in [4.69, 9.17) is 0 Å². The number of aliphatic hydroxyl groups is 1. The molecule has 0 bridgehead atoms. The van der Waals surface area contributed by atoms with Gasteiger partial charge in [0.15, 0.2) is 0 Å². The molecule has 1 saturated carbocycles. The molecule has 1 spiro atoms. The van der Waals surface area contributed by atoms with Crippen LogP contribution in [0, 0.1) is 5.41 Å². The first-order valence-corrected chi connectivity index (χ1v) is 9.55. The van der Waals surface area contributed by atoms with E-state index in [2.05, 4.69) is 10.00 Å². The van der Waals surface area contributed by atoms with Crippen molar-refractivity contribution < 1.29 is 9.90 Å². The SMILES string of the molecule is CCn1ccc(C(=O)N2CCC3(CC2)CCC(O)(CN(C)C)CC3)n1. The van der Waals surface area contributed by atoms with Gasteiger partial charge in [-0.05, 0) is 71.0 Å². The minimum atomic E-state index is -0.533. The summed E-state index contributed by atoms with van der Waals surface area (Å²) in [5, 5.41) is 15.1. The number of amides is 1. The highest BCUT2D eigenvalue weighted by Gasteiger charge is 2.44. The van der Waals surface area contributed by atoms with E-state index in [-0.39, 0.29) is 5.91 Å². The van der Waals surface area contributed by atoms with Crippen LogP contribution >= 0.6 is 0 Å². The molecule has 1 aromatic rings. The summed E-state index contributed by atoms with van der Waals surface area (Å²) in [5.74, 6) is 0.0574. The van der Waals surface area contributed by atoms with Crippen LogP contribution in [0.5, 0.6) is 0 Å². The van der Waals surface area contributed by atoms with Crippen molar-refractivity contribution in [3.8, 4) is 0 Å². The molecule has 0 radical (unpaired) electrons. The van der Waals surface area contributed by atoms with Crippen molar-refractivity contribution in [1.82, 2.24) is 19.6 Å². The van der Waals surface area contributed by atoms with Gasteiger partial charge >= 0.3 is 0 Å². The summed E-state index contributed by atoms with van der Waals surface area (Å²) >= 11 is 0. The highest BCUT2D eigenvalue weighted by molar-refractivity contribution is 5.92. The van der Waals surface area contributed by atoms with Gasteiger partial charge in [-0.15, -0.1) is 0 Å². The van der Waals surface area contributed by atoms with Crippen LogP contribution in [0.25, 0.3) is 0 Å². The van der Waals surface area contributed by atoms with E-state index in [0.717, 1.165) is 64.7 Å². The third-order valence-electron chi connectivity index (χ3n) is 6.15. The van der Waals surface area contributed by atoms with Gasteiger partial charge in [0.1, 0.15) is 5.69 Å². The van der Waals surface area contributed by atoms with Crippen molar-refractivity contribution in [2.45, 2.75) is 57.6 Å². The van der Waals surface area contributed by atoms with Crippen molar-refractivity contribution in [1.29, 1.82) is 0 Å². The van der Waals surface area contributed by atoms with Crippen molar-refractivity contribution in [3.05, 3.63) is 18.0 Å². The molecule has 2 fully saturated rings. The number of aryl methyl sites for hydroxylation is 1. The summed E-state index contributed by atoms with van der Waals surface area (Å²) in [6.45, 7) is 5.17. The zero-order chi connectivity index (χ0) is 18.1. The molecule has 2 heterocycles. The molecule has 0 atom stereocenters. The van der Waals surface area contributed by atoms with E-state index >= 15 is 0 Å². The van der Waals surface area contributed by atoms with Gasteiger partial charge in [0, 0.05) is 32.4 Å². The predicted molar refractivity (Wildman–Crippen MR) is 97.4 cm³/mol. The van der Waals surface area contributed by atoms with E-state index in [1.165, 1.54) is 0 Å². The maximum Gasteiger partial charge on any atom is 0.274 e. The van der Waals surface area contributed by atoms with Gasteiger partial charge in [0.05, 0.1) is 5.60 Å². The molecular formula is C19H32N4O2. The second-order valence-corrected chi connectivity index (χ2v) is 8.31. The zero-order valence-electron chi connectivity index (χ0n) is 15.9. The molecule has 1 amide bonds. The monoisotopic (exact) mass is 348 g/mol. The molecule has 1 N–H and O–H groups in total. The van der Waals surface area contributed by atoms with Crippen LogP contribution in [0.1, 0.15) is 55.9 Å². The van der Waals surface area contributed by atoms with Crippen LogP contribution in [-0.2, 0) is 6.54 Å². The Kier molecular flexibility index (Phi) is 5.21. The Morgan fingerprint density at radius 3 is 2.36 bits per heavy atom. The summed E-state index contributed by atoms with van der Waals surface area (Å²) < 4.78 is 1.80. The molecule has 0 unspecified atom stereocenters. The fraction of sp³-hybridized carbons (Fsp3) is 0.789. The van der Waals surface area contributed by atoms with Crippen LogP contribution in [0.4, 0.5) is 0 Å². The highest BCUT2D eigenvalue weighted by atomic mass is 16.3. The van der Waals surface area contributed by atoms with Crippen LogP contribution < -0.4 is 0 Å². The molecule has 1 aliphatic carbocycles. The lowest BCUT2D eigenvalue weighted by Gasteiger charge is -2.48. The number of aromatic nitrogens is 2. The summed E-state index contributed by atoms with van der Waals surface area (Å²) in [6.07, 6.45) is 7.86. The lowest BCUT2D eigenvalue weighted by atomic mass is 9.64. The Morgan fingerprint density at radius 2 is 1.84 bits per heavy atom. The number of likely N-dealkylation sites (tertiary alicyclic amines) is 1. The first-order valence-electron chi connectivity index (χ1n) is 9.55. The Morgan fingerprint density at radius 1 is 1.20 bits per heavy atom. The maximum absolute atomic E-state index is 12.6. The molecule has 0 aromatic carbocycles. The molecule has 1 saturated heterocycles. The van der Waals surface area contributed by atoms with Gasteiger partial charge in [0.25, 0.3) is 5.91 Å². The fourth-order valence-electron chi connectivity index (χ4n) is 4.49. The Bertz CT molecular complexity index is 592. The summed E-state index contributed by atoms with van der Waals surface area (Å²) in [4.78, 5) is 16.7. The van der Waals surface area contributed by atoms with E-state index in [0.29, 0.717) is 11.1 Å². The van der Waals surface area contributed by atoms with Crippen LogP contribution in [0.2, 0.25) is 0 Å². The summed E-state index contributed by atoms with van der Waals surface area (Å²) in [6, 6.07) is 1.82. The third-order valence-corrected chi connectivity index (χ3v) is 6.15. The summed E-state index contributed by atoms with van der Waals surface area (Å²) in [7, 11) is 4.04. The Labute approximate surface area is 150 Å². The largest absolute Gasteiger partial charge is 0.389 e. The van der Waals surface area contributed by atoms with Gasteiger partial charge in [-0.2, -0.15) is 5.10 Å². The van der Waals surface area contributed by atoms with Crippen LogP contribution in [0.15, 0.2) is 12.3 Å². The van der Waals surface area contributed by atoms with Crippen LogP contribution in [-0.4, -0.2) is 69.9 Å². The second-order valence-electron chi connectivity index (χ2n) is 8.31. The molecule has 6 nitrogen and oxygen atoms in total. The van der Waals surface area contributed by atoms with Crippen LogP contribution in [0.3, 0.4) is 0 Å². The predicted octanol–water partition coefficient (Wildman–Crippen LogP) is 1.99. The van der Waals surface area contributed by atoms with Gasteiger partial charge < -0.3 is 14.9 Å². The van der Waals surface area contributed by atoms with Crippen molar-refractivity contribution in [2.24, 2.45) is 5.41 Å². The lowest BCUT2D eigenvalue weighted by Crippen LogP contribution is -2.49. The molecular weight excluding hydrogens is 316 g/mol. The fourth-order valence-corrected chi connectivity index (χ4v) is 4.49. The molecule has 25 heavy (non-hydrogen) atoms.